The van der Waals surface area contributed by atoms with Crippen LogP contribution in [-0.4, -0.2) is 17.6 Å². The van der Waals surface area contributed by atoms with Gasteiger partial charge in [-0.2, -0.15) is 11.3 Å². The van der Waals surface area contributed by atoms with Crippen molar-refractivity contribution >= 4 is 28.6 Å². The Hall–Kier alpha value is -1.17. The normalized spacial score (nSPS) is 14.1. The van der Waals surface area contributed by atoms with Crippen LogP contribution in [0.2, 0.25) is 0 Å². The summed E-state index contributed by atoms with van der Waals surface area (Å²) in [6.07, 6.45) is 0.373. The van der Waals surface area contributed by atoms with Gasteiger partial charge < -0.3 is 10.4 Å². The van der Waals surface area contributed by atoms with Crippen molar-refractivity contribution in [3.05, 3.63) is 44.3 Å². The Morgan fingerprint density at radius 3 is 2.79 bits per heavy atom. The number of nitrogens with one attached hydrogen (secondary N) is 1. The highest BCUT2D eigenvalue weighted by atomic mass is 32.1. The number of amides is 1. The predicted octanol–water partition coefficient (Wildman–Crippen LogP) is 2.68. The van der Waals surface area contributed by atoms with Crippen molar-refractivity contribution in [3.63, 3.8) is 0 Å². The Morgan fingerprint density at radius 2 is 2.21 bits per heavy atom. The van der Waals surface area contributed by atoms with Crippen molar-refractivity contribution in [3.8, 4) is 0 Å². The minimum atomic E-state index is -1.01. The van der Waals surface area contributed by atoms with Crippen molar-refractivity contribution in [2.24, 2.45) is 0 Å². The molecule has 0 aliphatic rings. The van der Waals surface area contributed by atoms with Gasteiger partial charge in [0.15, 0.2) is 0 Å². The molecule has 5 heteroatoms. The molecule has 0 aliphatic heterocycles. The molecule has 0 bridgehead atoms. The minimum absolute atomic E-state index is 0.0580. The molecule has 19 heavy (non-hydrogen) atoms. The van der Waals surface area contributed by atoms with Gasteiger partial charge in [-0.15, -0.1) is 11.3 Å². The van der Waals surface area contributed by atoms with E-state index < -0.39 is 5.60 Å². The topological polar surface area (TPSA) is 49.3 Å². The lowest BCUT2D eigenvalue weighted by molar-refractivity contribution is -0.121. The lowest BCUT2D eigenvalue weighted by atomic mass is 9.99. The van der Waals surface area contributed by atoms with Crippen molar-refractivity contribution in [1.82, 2.24) is 5.32 Å². The molecule has 2 heterocycles. The van der Waals surface area contributed by atoms with Gasteiger partial charge in [0.25, 0.3) is 0 Å². The summed E-state index contributed by atoms with van der Waals surface area (Å²) >= 11 is 3.16. The van der Waals surface area contributed by atoms with Crippen molar-refractivity contribution in [2.45, 2.75) is 25.9 Å². The maximum absolute atomic E-state index is 11.8. The molecule has 0 saturated heterocycles. The van der Waals surface area contributed by atoms with Crippen LogP contribution in [0.15, 0.2) is 29.0 Å². The van der Waals surface area contributed by atoms with E-state index in [-0.39, 0.29) is 12.5 Å². The molecule has 2 N–H and O–H groups in total. The molecule has 102 valence electrons. The third-order valence-electron chi connectivity index (χ3n) is 2.90. The number of hydrogen-bond donors (Lipinski definition) is 2. The molecule has 0 spiro atoms. The SMILES string of the molecule is Cc1ccc(CC(=O)NCC(C)(O)c2ccsc2)s1. The van der Waals surface area contributed by atoms with Crippen LogP contribution in [0.25, 0.3) is 0 Å². The quantitative estimate of drug-likeness (QED) is 0.891. The highest BCUT2D eigenvalue weighted by Crippen LogP contribution is 2.22. The van der Waals surface area contributed by atoms with Crippen LogP contribution in [0.4, 0.5) is 0 Å². The van der Waals surface area contributed by atoms with Gasteiger partial charge in [-0.1, -0.05) is 0 Å². The van der Waals surface area contributed by atoms with Gasteiger partial charge in [0, 0.05) is 9.75 Å². The first-order valence-electron chi connectivity index (χ1n) is 6.04. The number of carbonyl (C=O) groups is 1. The lowest BCUT2D eigenvalue weighted by Gasteiger charge is -2.22. The average molecular weight is 295 g/mol. The summed E-state index contributed by atoms with van der Waals surface area (Å²) in [5.41, 5.74) is -0.175. The van der Waals surface area contributed by atoms with Crippen LogP contribution in [0.5, 0.6) is 0 Å². The molecule has 1 atom stereocenters. The van der Waals surface area contributed by atoms with E-state index in [0.717, 1.165) is 10.4 Å². The fraction of sp³-hybridized carbons (Fsp3) is 0.357. The molecular formula is C14H17NO2S2. The van der Waals surface area contributed by atoms with Gasteiger partial charge in [0.05, 0.1) is 13.0 Å². The van der Waals surface area contributed by atoms with E-state index in [1.807, 2.05) is 35.9 Å². The van der Waals surface area contributed by atoms with Crippen LogP contribution in [-0.2, 0) is 16.8 Å². The van der Waals surface area contributed by atoms with Gasteiger partial charge in [0.1, 0.15) is 5.60 Å². The highest BCUT2D eigenvalue weighted by Gasteiger charge is 2.24. The molecule has 0 fully saturated rings. The van der Waals surface area contributed by atoms with Crippen LogP contribution < -0.4 is 5.32 Å². The molecule has 0 aliphatic carbocycles. The summed E-state index contributed by atoms with van der Waals surface area (Å²) in [4.78, 5) is 14.1. The predicted molar refractivity (Wildman–Crippen MR) is 79.7 cm³/mol. The Morgan fingerprint density at radius 1 is 1.42 bits per heavy atom. The number of rotatable bonds is 5. The summed E-state index contributed by atoms with van der Waals surface area (Å²) in [6.45, 7) is 3.96. The van der Waals surface area contributed by atoms with E-state index in [9.17, 15) is 9.90 Å². The summed E-state index contributed by atoms with van der Waals surface area (Å²) in [6, 6.07) is 5.85. The molecule has 2 aromatic rings. The lowest BCUT2D eigenvalue weighted by Crippen LogP contribution is -2.38. The first-order valence-corrected chi connectivity index (χ1v) is 7.80. The Kier molecular flexibility index (Phi) is 4.39. The van der Waals surface area contributed by atoms with Crippen molar-refractivity contribution in [1.29, 1.82) is 0 Å². The number of aryl methyl sites for hydroxylation is 1. The first-order chi connectivity index (χ1) is 8.97. The summed E-state index contributed by atoms with van der Waals surface area (Å²) < 4.78 is 0. The largest absolute Gasteiger partial charge is 0.384 e. The van der Waals surface area contributed by atoms with Crippen LogP contribution in [0, 0.1) is 6.92 Å². The van der Waals surface area contributed by atoms with Gasteiger partial charge in [-0.05, 0) is 48.4 Å². The monoisotopic (exact) mass is 295 g/mol. The molecule has 1 amide bonds. The first kappa shape index (κ1) is 14.2. The van der Waals surface area contributed by atoms with E-state index in [1.54, 1.807) is 18.3 Å². The molecule has 3 nitrogen and oxygen atoms in total. The smallest absolute Gasteiger partial charge is 0.225 e. The summed E-state index contributed by atoms with van der Waals surface area (Å²) in [7, 11) is 0. The zero-order valence-corrected chi connectivity index (χ0v) is 12.6. The van der Waals surface area contributed by atoms with Crippen molar-refractivity contribution < 1.29 is 9.90 Å². The Balaban J connectivity index is 1.87. The molecule has 0 radical (unpaired) electrons. The zero-order chi connectivity index (χ0) is 13.9. The average Bonchev–Trinajstić information content (AvgIpc) is 2.98. The molecular weight excluding hydrogens is 278 g/mol. The molecule has 2 rings (SSSR count). The molecule has 1 unspecified atom stereocenters. The number of hydrogen-bond acceptors (Lipinski definition) is 4. The van der Waals surface area contributed by atoms with E-state index >= 15 is 0 Å². The van der Waals surface area contributed by atoms with Gasteiger partial charge >= 0.3 is 0 Å². The van der Waals surface area contributed by atoms with Crippen LogP contribution >= 0.6 is 22.7 Å². The fourth-order valence-electron chi connectivity index (χ4n) is 1.74. The van der Waals surface area contributed by atoms with Gasteiger partial charge in [-0.25, -0.2) is 0 Å². The molecule has 2 aromatic heterocycles. The second kappa shape index (κ2) is 5.86. The van der Waals surface area contributed by atoms with E-state index in [1.165, 1.54) is 16.2 Å². The molecule has 0 saturated carbocycles. The number of carbonyl (C=O) groups excluding carboxylic acids is 1. The van der Waals surface area contributed by atoms with Crippen molar-refractivity contribution in [2.75, 3.05) is 6.54 Å². The fourth-order valence-corrected chi connectivity index (χ4v) is 3.42. The second-order valence-corrected chi connectivity index (χ2v) is 6.90. The Labute approximate surface area is 120 Å². The number of aliphatic hydroxyl groups is 1. The summed E-state index contributed by atoms with van der Waals surface area (Å²) in [5.74, 6) is -0.0580. The Bertz CT molecular complexity index is 544. The van der Waals surface area contributed by atoms with E-state index in [0.29, 0.717) is 6.42 Å². The molecule has 0 aromatic carbocycles. The maximum atomic E-state index is 11.8. The highest BCUT2D eigenvalue weighted by molar-refractivity contribution is 7.12. The summed E-state index contributed by atoms with van der Waals surface area (Å²) in [5, 5.41) is 16.9. The number of thiophene rings is 2. The minimum Gasteiger partial charge on any atom is -0.384 e. The third-order valence-corrected chi connectivity index (χ3v) is 4.59. The zero-order valence-electron chi connectivity index (χ0n) is 11.0. The maximum Gasteiger partial charge on any atom is 0.225 e. The van der Waals surface area contributed by atoms with E-state index in [4.69, 9.17) is 0 Å². The standard InChI is InChI=1S/C14H17NO2S2/c1-10-3-4-12(19-10)7-13(16)15-9-14(2,17)11-5-6-18-8-11/h3-6,8,17H,7,9H2,1-2H3,(H,15,16). The third kappa shape index (κ3) is 3.89. The van der Waals surface area contributed by atoms with Gasteiger partial charge in [-0.3, -0.25) is 4.79 Å². The van der Waals surface area contributed by atoms with E-state index in [2.05, 4.69) is 5.32 Å². The van der Waals surface area contributed by atoms with Crippen LogP contribution in [0.1, 0.15) is 22.2 Å². The van der Waals surface area contributed by atoms with Crippen LogP contribution in [0.3, 0.4) is 0 Å². The van der Waals surface area contributed by atoms with Gasteiger partial charge in [0.2, 0.25) is 5.91 Å². The second-order valence-electron chi connectivity index (χ2n) is 4.75.